The van der Waals surface area contributed by atoms with Crippen molar-refractivity contribution in [2.75, 3.05) is 5.32 Å². The van der Waals surface area contributed by atoms with Gasteiger partial charge in [-0.1, -0.05) is 11.6 Å². The van der Waals surface area contributed by atoms with Gasteiger partial charge in [0.25, 0.3) is 0 Å². The Morgan fingerprint density at radius 2 is 1.90 bits per heavy atom. The highest BCUT2D eigenvalue weighted by molar-refractivity contribution is 6.31. The molecule has 2 amide bonds. The van der Waals surface area contributed by atoms with E-state index < -0.39 is 28.8 Å². The van der Waals surface area contributed by atoms with Crippen molar-refractivity contribution in [3.63, 3.8) is 0 Å². The molecule has 1 aromatic carbocycles. The van der Waals surface area contributed by atoms with Crippen LogP contribution in [-0.4, -0.2) is 21.0 Å². The Balaban J connectivity index is 1.75. The van der Waals surface area contributed by atoms with Gasteiger partial charge in [0.1, 0.15) is 11.8 Å². The molecular weight excluding hydrogens is 433 g/mol. The molecule has 2 N–H and O–H groups in total. The lowest BCUT2D eigenvalue weighted by Gasteiger charge is -2.17. The molecule has 0 saturated heterocycles. The number of nitriles is 1. The van der Waals surface area contributed by atoms with Crippen LogP contribution >= 0.6 is 11.6 Å². The molecule has 158 valence electrons. The first kappa shape index (κ1) is 22.0. The number of pyridine rings is 1. The van der Waals surface area contributed by atoms with Gasteiger partial charge in [-0.25, -0.2) is 4.79 Å². The largest absolute Gasteiger partial charge is 0.417 e. The first-order valence-electron chi connectivity index (χ1n) is 8.80. The van der Waals surface area contributed by atoms with Crippen LogP contribution in [0.1, 0.15) is 29.8 Å². The zero-order valence-corrected chi connectivity index (χ0v) is 16.7. The molecule has 2 heterocycles. The number of nitrogens with zero attached hydrogens (tertiary/aromatic N) is 4. The number of hydrogen-bond donors (Lipinski definition) is 2. The fourth-order valence-electron chi connectivity index (χ4n) is 2.72. The number of anilines is 1. The number of alkyl halides is 3. The Bertz CT molecular complexity index is 1140. The number of carbonyl (C=O) groups is 1. The summed E-state index contributed by atoms with van der Waals surface area (Å²) in [7, 11) is 0. The van der Waals surface area contributed by atoms with E-state index in [0.29, 0.717) is 22.6 Å². The molecule has 31 heavy (non-hydrogen) atoms. The quantitative estimate of drug-likeness (QED) is 0.589. The van der Waals surface area contributed by atoms with Gasteiger partial charge < -0.3 is 10.6 Å². The normalized spacial score (nSPS) is 12.0. The first-order chi connectivity index (χ1) is 14.7. The molecule has 0 fully saturated rings. The minimum Gasteiger partial charge on any atom is -0.330 e. The van der Waals surface area contributed by atoms with Crippen LogP contribution in [0.3, 0.4) is 0 Å². The van der Waals surface area contributed by atoms with E-state index in [9.17, 15) is 18.0 Å². The smallest absolute Gasteiger partial charge is 0.330 e. The second-order valence-corrected chi connectivity index (χ2v) is 6.75. The van der Waals surface area contributed by atoms with E-state index in [4.69, 9.17) is 16.9 Å². The molecule has 0 aliphatic carbocycles. The molecule has 3 rings (SSSR count). The van der Waals surface area contributed by atoms with Crippen LogP contribution in [0.2, 0.25) is 5.02 Å². The van der Waals surface area contributed by atoms with Gasteiger partial charge in [0, 0.05) is 24.3 Å². The van der Waals surface area contributed by atoms with Crippen LogP contribution in [0.5, 0.6) is 0 Å². The van der Waals surface area contributed by atoms with Crippen molar-refractivity contribution in [1.82, 2.24) is 20.3 Å². The van der Waals surface area contributed by atoms with E-state index in [2.05, 4.69) is 25.6 Å². The molecule has 1 atom stereocenters. The van der Waals surface area contributed by atoms with Crippen molar-refractivity contribution in [2.24, 2.45) is 0 Å². The maximum atomic E-state index is 12.8. The fourth-order valence-corrected chi connectivity index (χ4v) is 3.01. The van der Waals surface area contributed by atoms with Crippen molar-refractivity contribution < 1.29 is 18.0 Å². The monoisotopic (exact) mass is 446 g/mol. The Hall–Kier alpha value is -3.71. The molecule has 2 aromatic heterocycles. The number of nitrogens with one attached hydrogen (secondary N) is 2. The highest BCUT2D eigenvalue weighted by Crippen LogP contribution is 2.35. The molecule has 7 nitrogen and oxygen atoms in total. The summed E-state index contributed by atoms with van der Waals surface area (Å²) >= 11 is 5.67. The van der Waals surface area contributed by atoms with Gasteiger partial charge in [-0.15, -0.1) is 0 Å². The van der Waals surface area contributed by atoms with E-state index >= 15 is 0 Å². The topological polar surface area (TPSA) is 104 Å². The maximum absolute atomic E-state index is 12.8. The molecule has 0 aliphatic rings. The molecule has 0 aliphatic heterocycles. The number of amides is 2. The van der Waals surface area contributed by atoms with Crippen LogP contribution in [0.25, 0.3) is 11.4 Å². The summed E-state index contributed by atoms with van der Waals surface area (Å²) in [6.45, 7) is 1.66. The van der Waals surface area contributed by atoms with Gasteiger partial charge in [0.05, 0.1) is 33.6 Å². The van der Waals surface area contributed by atoms with Gasteiger partial charge in [0.15, 0.2) is 0 Å². The summed E-state index contributed by atoms with van der Waals surface area (Å²) < 4.78 is 38.4. The fraction of sp³-hybridized carbons (Fsp3) is 0.150. The number of benzene rings is 1. The lowest BCUT2D eigenvalue weighted by molar-refractivity contribution is -0.137. The zero-order chi connectivity index (χ0) is 22.6. The van der Waals surface area contributed by atoms with Crippen molar-refractivity contribution >= 4 is 23.3 Å². The molecule has 0 unspecified atom stereocenters. The SMILES string of the molecule is C[C@H](NC(=O)Nc1ccc(C(F)(F)F)c(Cl)c1)c1nccnc1-c1ccc(C#N)cn1. The van der Waals surface area contributed by atoms with Crippen molar-refractivity contribution in [2.45, 2.75) is 19.1 Å². The van der Waals surface area contributed by atoms with Crippen molar-refractivity contribution in [3.8, 4) is 17.5 Å². The Labute approximate surface area is 179 Å². The Morgan fingerprint density at radius 1 is 1.16 bits per heavy atom. The summed E-state index contributed by atoms with van der Waals surface area (Å²) in [4.78, 5) is 25.0. The number of halogens is 4. The van der Waals surface area contributed by atoms with Gasteiger partial charge in [-0.05, 0) is 37.3 Å². The van der Waals surface area contributed by atoms with Crippen LogP contribution < -0.4 is 10.6 Å². The van der Waals surface area contributed by atoms with Crippen molar-refractivity contribution in [3.05, 3.63) is 70.8 Å². The minimum absolute atomic E-state index is 0.0934. The van der Waals surface area contributed by atoms with E-state index in [1.165, 1.54) is 18.6 Å². The molecule has 0 spiro atoms. The van der Waals surface area contributed by atoms with E-state index in [1.54, 1.807) is 19.1 Å². The number of rotatable bonds is 4. The van der Waals surface area contributed by atoms with E-state index in [1.807, 2.05) is 6.07 Å². The number of carbonyl (C=O) groups excluding carboxylic acids is 1. The predicted octanol–water partition coefficient (Wildman–Crippen LogP) is 4.97. The first-order valence-corrected chi connectivity index (χ1v) is 9.18. The molecule has 3 aromatic rings. The Kier molecular flexibility index (Phi) is 6.36. The van der Waals surface area contributed by atoms with Gasteiger partial charge in [-0.2, -0.15) is 18.4 Å². The van der Waals surface area contributed by atoms with E-state index in [-0.39, 0.29) is 5.69 Å². The lowest BCUT2D eigenvalue weighted by Crippen LogP contribution is -2.32. The number of aromatic nitrogens is 3. The predicted molar refractivity (Wildman–Crippen MR) is 107 cm³/mol. The standard InChI is InChI=1S/C20H14ClF3N6O/c1-11(17-18(27-7-6-26-17)16-5-2-12(9-25)10-28-16)29-19(31)30-13-3-4-14(15(21)8-13)20(22,23)24/h2-8,10-11H,1H3,(H2,29,30,31)/t11-/m0/s1. The van der Waals surface area contributed by atoms with Gasteiger partial charge in [-0.3, -0.25) is 15.0 Å². The van der Waals surface area contributed by atoms with Crippen LogP contribution in [0, 0.1) is 11.3 Å². The zero-order valence-electron chi connectivity index (χ0n) is 15.9. The van der Waals surface area contributed by atoms with E-state index in [0.717, 1.165) is 18.2 Å². The Morgan fingerprint density at radius 3 is 2.52 bits per heavy atom. The second-order valence-electron chi connectivity index (χ2n) is 6.35. The third-order valence-electron chi connectivity index (χ3n) is 4.15. The number of urea groups is 1. The van der Waals surface area contributed by atoms with Crippen LogP contribution in [0.15, 0.2) is 48.9 Å². The lowest BCUT2D eigenvalue weighted by atomic mass is 10.1. The van der Waals surface area contributed by atoms with Crippen LogP contribution in [-0.2, 0) is 6.18 Å². The minimum atomic E-state index is -4.59. The summed E-state index contributed by atoms with van der Waals surface area (Å²) in [6.07, 6.45) is -0.273. The summed E-state index contributed by atoms with van der Waals surface area (Å²) in [6, 6.07) is 6.79. The maximum Gasteiger partial charge on any atom is 0.417 e. The molecule has 0 radical (unpaired) electrons. The van der Waals surface area contributed by atoms with Gasteiger partial charge in [0.2, 0.25) is 0 Å². The summed E-state index contributed by atoms with van der Waals surface area (Å²) in [5.74, 6) is 0. The summed E-state index contributed by atoms with van der Waals surface area (Å²) in [5.41, 5.74) is 0.779. The highest BCUT2D eigenvalue weighted by Gasteiger charge is 2.33. The average molecular weight is 447 g/mol. The average Bonchev–Trinajstić information content (AvgIpc) is 2.73. The van der Waals surface area contributed by atoms with Crippen molar-refractivity contribution in [1.29, 1.82) is 5.26 Å². The summed E-state index contributed by atoms with van der Waals surface area (Å²) in [5, 5.41) is 13.4. The number of hydrogen-bond acceptors (Lipinski definition) is 5. The molecule has 0 bridgehead atoms. The molecule has 11 heteroatoms. The third-order valence-corrected chi connectivity index (χ3v) is 4.46. The third kappa shape index (κ3) is 5.26. The second kappa shape index (κ2) is 8.97. The molecule has 0 saturated carbocycles. The van der Waals surface area contributed by atoms with Gasteiger partial charge >= 0.3 is 12.2 Å². The van der Waals surface area contributed by atoms with Crippen LogP contribution in [0.4, 0.5) is 23.7 Å². The highest BCUT2D eigenvalue weighted by atomic mass is 35.5. The molecular formula is C20H14ClF3N6O.